The van der Waals surface area contributed by atoms with E-state index in [9.17, 15) is 4.79 Å². The van der Waals surface area contributed by atoms with Crippen molar-refractivity contribution in [2.24, 2.45) is 0 Å². The minimum atomic E-state index is -0.249. The number of carbonyl (C=O) groups is 1. The number of carbonyl (C=O) groups excluding carboxylic acids is 1. The zero-order valence-electron chi connectivity index (χ0n) is 14.5. The van der Waals surface area contributed by atoms with Crippen molar-refractivity contribution in [1.29, 1.82) is 0 Å². The van der Waals surface area contributed by atoms with Gasteiger partial charge in [0.1, 0.15) is 11.5 Å². The van der Waals surface area contributed by atoms with E-state index in [1.54, 1.807) is 19.4 Å². The van der Waals surface area contributed by atoms with Crippen LogP contribution in [0.5, 0.6) is 5.75 Å². The van der Waals surface area contributed by atoms with Crippen molar-refractivity contribution >= 4 is 17.7 Å². The fourth-order valence-corrected chi connectivity index (χ4v) is 2.92. The van der Waals surface area contributed by atoms with Crippen LogP contribution < -0.4 is 10.1 Å². The molecule has 1 aromatic carbocycles. The maximum atomic E-state index is 12.1. The molecule has 0 spiro atoms. The number of thioether (sulfide) groups is 1. The van der Waals surface area contributed by atoms with Gasteiger partial charge in [0.2, 0.25) is 17.6 Å². The van der Waals surface area contributed by atoms with Crippen molar-refractivity contribution in [2.75, 3.05) is 7.11 Å². The number of nitrogens with one attached hydrogen (secondary N) is 1. The molecule has 0 fully saturated rings. The summed E-state index contributed by atoms with van der Waals surface area (Å²) in [6.45, 7) is 2.21. The molecule has 1 amide bonds. The molecule has 7 nitrogen and oxygen atoms in total. The molecule has 0 aliphatic carbocycles. The summed E-state index contributed by atoms with van der Waals surface area (Å²) in [4.78, 5) is 16.5. The van der Waals surface area contributed by atoms with E-state index in [0.717, 1.165) is 17.1 Å². The molecule has 0 saturated heterocycles. The highest BCUT2D eigenvalue weighted by Gasteiger charge is 2.16. The van der Waals surface area contributed by atoms with Crippen LogP contribution in [0, 0.1) is 0 Å². The van der Waals surface area contributed by atoms with E-state index < -0.39 is 0 Å². The second kappa shape index (κ2) is 8.57. The SMILES string of the molecule is COc1ccc(-c2noc(CS[C@@H](C)C(=O)NCc3ccco3)n2)cc1. The summed E-state index contributed by atoms with van der Waals surface area (Å²) in [5.74, 6) is 2.86. The zero-order chi connectivity index (χ0) is 18.4. The third-order valence-corrected chi connectivity index (χ3v) is 4.79. The molecule has 136 valence electrons. The normalized spacial score (nSPS) is 11.9. The molecule has 2 heterocycles. The van der Waals surface area contributed by atoms with Gasteiger partial charge in [-0.3, -0.25) is 4.79 Å². The lowest BCUT2D eigenvalue weighted by Crippen LogP contribution is -2.30. The third-order valence-electron chi connectivity index (χ3n) is 3.66. The van der Waals surface area contributed by atoms with Gasteiger partial charge in [0.15, 0.2) is 0 Å². The van der Waals surface area contributed by atoms with E-state index in [0.29, 0.717) is 24.0 Å². The first-order chi connectivity index (χ1) is 12.7. The van der Waals surface area contributed by atoms with Crippen molar-refractivity contribution in [3.8, 4) is 17.1 Å². The van der Waals surface area contributed by atoms with Gasteiger partial charge in [-0.2, -0.15) is 4.98 Å². The van der Waals surface area contributed by atoms with Crippen LogP contribution >= 0.6 is 11.8 Å². The quantitative estimate of drug-likeness (QED) is 0.648. The van der Waals surface area contributed by atoms with Gasteiger partial charge in [-0.05, 0) is 43.3 Å². The molecule has 0 saturated carbocycles. The second-order valence-electron chi connectivity index (χ2n) is 5.49. The molecule has 0 aliphatic heterocycles. The molecular weight excluding hydrogens is 354 g/mol. The Hall–Kier alpha value is -2.74. The van der Waals surface area contributed by atoms with Gasteiger partial charge >= 0.3 is 0 Å². The number of ether oxygens (including phenoxy) is 1. The van der Waals surface area contributed by atoms with Crippen molar-refractivity contribution in [3.05, 3.63) is 54.3 Å². The van der Waals surface area contributed by atoms with Crippen LogP contribution in [0.15, 0.2) is 51.6 Å². The van der Waals surface area contributed by atoms with Crippen molar-refractivity contribution in [1.82, 2.24) is 15.5 Å². The maximum Gasteiger partial charge on any atom is 0.236 e. The van der Waals surface area contributed by atoms with E-state index >= 15 is 0 Å². The van der Waals surface area contributed by atoms with Crippen LogP contribution in [0.3, 0.4) is 0 Å². The maximum absolute atomic E-state index is 12.1. The Morgan fingerprint density at radius 1 is 1.31 bits per heavy atom. The third kappa shape index (κ3) is 4.66. The van der Waals surface area contributed by atoms with Crippen molar-refractivity contribution in [2.45, 2.75) is 24.5 Å². The summed E-state index contributed by atoms with van der Waals surface area (Å²) in [6.07, 6.45) is 1.58. The Morgan fingerprint density at radius 2 is 2.12 bits per heavy atom. The van der Waals surface area contributed by atoms with Gasteiger partial charge < -0.3 is 19.0 Å². The predicted octanol–water partition coefficient (Wildman–Crippen LogP) is 3.28. The molecule has 1 atom stereocenters. The molecule has 0 unspecified atom stereocenters. The first-order valence-electron chi connectivity index (χ1n) is 8.04. The number of hydrogen-bond donors (Lipinski definition) is 1. The Bertz CT molecular complexity index is 831. The first-order valence-corrected chi connectivity index (χ1v) is 9.09. The van der Waals surface area contributed by atoms with Gasteiger partial charge in [-0.1, -0.05) is 5.16 Å². The van der Waals surface area contributed by atoms with Crippen LogP contribution in [0.25, 0.3) is 11.4 Å². The fraction of sp³-hybridized carbons (Fsp3) is 0.278. The largest absolute Gasteiger partial charge is 0.497 e. The highest BCUT2D eigenvalue weighted by Crippen LogP contribution is 2.22. The van der Waals surface area contributed by atoms with Crippen LogP contribution in [0.1, 0.15) is 18.6 Å². The fourth-order valence-electron chi connectivity index (χ4n) is 2.17. The molecule has 26 heavy (non-hydrogen) atoms. The molecule has 3 aromatic rings. The molecule has 3 rings (SSSR count). The Kier molecular flexibility index (Phi) is 5.96. The zero-order valence-corrected chi connectivity index (χ0v) is 15.3. The number of aromatic nitrogens is 2. The van der Waals surface area contributed by atoms with Crippen LogP contribution in [-0.4, -0.2) is 28.4 Å². The number of furan rings is 1. The summed E-state index contributed by atoms with van der Waals surface area (Å²) < 4.78 is 15.6. The number of hydrogen-bond acceptors (Lipinski definition) is 7. The highest BCUT2D eigenvalue weighted by molar-refractivity contribution is 7.99. The van der Waals surface area contributed by atoms with E-state index in [1.165, 1.54) is 11.8 Å². The molecule has 2 aromatic heterocycles. The van der Waals surface area contributed by atoms with Gasteiger partial charge in [-0.15, -0.1) is 11.8 Å². The molecule has 8 heteroatoms. The second-order valence-corrected chi connectivity index (χ2v) is 6.82. The first kappa shape index (κ1) is 18.1. The summed E-state index contributed by atoms with van der Waals surface area (Å²) in [5.41, 5.74) is 0.843. The van der Waals surface area contributed by atoms with Crippen LogP contribution in [-0.2, 0) is 17.1 Å². The van der Waals surface area contributed by atoms with Crippen LogP contribution in [0.4, 0.5) is 0 Å². The van der Waals surface area contributed by atoms with E-state index in [2.05, 4.69) is 15.5 Å². The van der Waals surface area contributed by atoms with Gasteiger partial charge in [-0.25, -0.2) is 0 Å². The minimum absolute atomic E-state index is 0.0682. The Balaban J connectivity index is 1.49. The summed E-state index contributed by atoms with van der Waals surface area (Å²) >= 11 is 1.43. The Labute approximate surface area is 155 Å². The average Bonchev–Trinajstić information content (AvgIpc) is 3.36. The van der Waals surface area contributed by atoms with Gasteiger partial charge in [0.25, 0.3) is 0 Å². The lowest BCUT2D eigenvalue weighted by molar-refractivity contribution is -0.120. The molecule has 0 bridgehead atoms. The smallest absolute Gasteiger partial charge is 0.236 e. The number of amides is 1. The summed E-state index contributed by atoms with van der Waals surface area (Å²) in [6, 6.07) is 11.0. The molecule has 0 aliphatic rings. The molecule has 0 radical (unpaired) electrons. The molecule has 1 N–H and O–H groups in total. The number of rotatable bonds is 8. The molecular formula is C18H19N3O4S. The van der Waals surface area contributed by atoms with E-state index in [4.69, 9.17) is 13.7 Å². The average molecular weight is 373 g/mol. The van der Waals surface area contributed by atoms with Crippen molar-refractivity contribution in [3.63, 3.8) is 0 Å². The van der Waals surface area contributed by atoms with E-state index in [-0.39, 0.29) is 11.2 Å². The summed E-state index contributed by atoms with van der Waals surface area (Å²) in [5, 5.41) is 6.56. The summed E-state index contributed by atoms with van der Waals surface area (Å²) in [7, 11) is 1.62. The number of nitrogens with zero attached hydrogens (tertiary/aromatic N) is 2. The van der Waals surface area contributed by atoms with Gasteiger partial charge in [0, 0.05) is 5.56 Å². The lowest BCUT2D eigenvalue weighted by atomic mass is 10.2. The number of benzene rings is 1. The van der Waals surface area contributed by atoms with E-state index in [1.807, 2.05) is 37.3 Å². The monoisotopic (exact) mass is 373 g/mol. The standard InChI is InChI=1S/C18H19N3O4S/c1-12(18(22)19-10-15-4-3-9-24-15)26-11-16-20-17(21-25-16)13-5-7-14(23-2)8-6-13/h3-9,12H,10-11H2,1-2H3,(H,19,22)/t12-/m0/s1. The minimum Gasteiger partial charge on any atom is -0.497 e. The predicted molar refractivity (Wildman–Crippen MR) is 97.6 cm³/mol. The highest BCUT2D eigenvalue weighted by atomic mass is 32.2. The van der Waals surface area contributed by atoms with Gasteiger partial charge in [0.05, 0.1) is 30.9 Å². The topological polar surface area (TPSA) is 90.4 Å². The Morgan fingerprint density at radius 3 is 2.81 bits per heavy atom. The number of methoxy groups -OCH3 is 1. The van der Waals surface area contributed by atoms with Crippen LogP contribution in [0.2, 0.25) is 0 Å². The lowest BCUT2D eigenvalue weighted by Gasteiger charge is -2.09. The van der Waals surface area contributed by atoms with Crippen molar-refractivity contribution < 1.29 is 18.5 Å².